The minimum atomic E-state index is -3.20. The zero-order chi connectivity index (χ0) is 13.7. The number of hydrogen-bond acceptors (Lipinski definition) is 3. The van der Waals surface area contributed by atoms with Gasteiger partial charge < -0.3 is 14.8 Å². The van der Waals surface area contributed by atoms with E-state index in [0.29, 0.717) is 0 Å². The fourth-order valence-electron chi connectivity index (χ4n) is 1.17. The van der Waals surface area contributed by atoms with Gasteiger partial charge in [-0.1, -0.05) is 0 Å². The number of benzene rings is 1. The predicted molar refractivity (Wildman–Crippen MR) is 54.0 cm³/mol. The van der Waals surface area contributed by atoms with Crippen molar-refractivity contribution in [2.75, 3.05) is 5.32 Å². The standard InChI is InChI=1S/C10H9F4NO3/c1-5(16)15-6-2-3-7(17-9(11)12)8(4-6)18-10(13)14/h2-4,9-10H,1H3,(H,15,16). The fourth-order valence-corrected chi connectivity index (χ4v) is 1.17. The molecule has 1 amide bonds. The Hall–Kier alpha value is -1.99. The molecule has 0 spiro atoms. The Morgan fingerprint density at radius 1 is 1.11 bits per heavy atom. The van der Waals surface area contributed by atoms with Gasteiger partial charge in [0.2, 0.25) is 5.91 Å². The van der Waals surface area contributed by atoms with Crippen molar-refractivity contribution in [3.05, 3.63) is 18.2 Å². The van der Waals surface area contributed by atoms with Gasteiger partial charge in [-0.2, -0.15) is 17.6 Å². The van der Waals surface area contributed by atoms with E-state index in [1.54, 1.807) is 0 Å². The van der Waals surface area contributed by atoms with Crippen LogP contribution in [-0.4, -0.2) is 19.1 Å². The van der Waals surface area contributed by atoms with E-state index in [1.165, 1.54) is 13.0 Å². The minimum absolute atomic E-state index is 0.125. The lowest BCUT2D eigenvalue weighted by atomic mass is 10.2. The lowest BCUT2D eigenvalue weighted by Gasteiger charge is -2.13. The van der Waals surface area contributed by atoms with Gasteiger partial charge in [0, 0.05) is 18.7 Å². The number of carbonyl (C=O) groups is 1. The Bertz CT molecular complexity index is 426. The van der Waals surface area contributed by atoms with Crippen LogP contribution in [0.15, 0.2) is 18.2 Å². The average molecular weight is 267 g/mol. The molecule has 0 radical (unpaired) electrons. The third-order valence-electron chi connectivity index (χ3n) is 1.70. The van der Waals surface area contributed by atoms with Crippen molar-refractivity contribution < 1.29 is 31.8 Å². The maximum absolute atomic E-state index is 12.1. The van der Waals surface area contributed by atoms with Crippen LogP contribution in [0.25, 0.3) is 0 Å². The second-order valence-electron chi connectivity index (χ2n) is 3.10. The Morgan fingerprint density at radius 3 is 2.17 bits per heavy atom. The summed E-state index contributed by atoms with van der Waals surface area (Å²) in [7, 11) is 0. The summed E-state index contributed by atoms with van der Waals surface area (Å²) in [5.41, 5.74) is 0.125. The molecule has 0 saturated heterocycles. The normalized spacial score (nSPS) is 10.6. The maximum atomic E-state index is 12.1. The van der Waals surface area contributed by atoms with Crippen molar-refractivity contribution in [1.82, 2.24) is 0 Å². The molecule has 0 bridgehead atoms. The van der Waals surface area contributed by atoms with Crippen molar-refractivity contribution in [3.8, 4) is 11.5 Å². The van der Waals surface area contributed by atoms with Gasteiger partial charge in [0.15, 0.2) is 11.5 Å². The number of ether oxygens (including phenoxy) is 2. The van der Waals surface area contributed by atoms with E-state index in [1.807, 2.05) is 0 Å². The Kier molecular flexibility index (Phi) is 4.75. The van der Waals surface area contributed by atoms with Gasteiger partial charge in [0.1, 0.15) is 0 Å². The molecule has 1 aromatic rings. The van der Waals surface area contributed by atoms with Crippen LogP contribution in [0, 0.1) is 0 Å². The van der Waals surface area contributed by atoms with Gasteiger partial charge >= 0.3 is 13.2 Å². The summed E-state index contributed by atoms with van der Waals surface area (Å²) in [5, 5.41) is 2.29. The van der Waals surface area contributed by atoms with Crippen molar-refractivity contribution in [2.24, 2.45) is 0 Å². The molecule has 1 N–H and O–H groups in total. The highest BCUT2D eigenvalue weighted by molar-refractivity contribution is 5.89. The Labute approximate surface area is 99.5 Å². The van der Waals surface area contributed by atoms with Gasteiger partial charge in [0.25, 0.3) is 0 Å². The third kappa shape index (κ3) is 4.48. The van der Waals surface area contributed by atoms with Crippen molar-refractivity contribution in [2.45, 2.75) is 20.1 Å². The zero-order valence-electron chi connectivity index (χ0n) is 9.12. The SMILES string of the molecule is CC(=O)Nc1ccc(OC(F)F)c(OC(F)F)c1. The van der Waals surface area contributed by atoms with Gasteiger partial charge in [-0.25, -0.2) is 0 Å². The molecule has 0 unspecified atom stereocenters. The third-order valence-corrected chi connectivity index (χ3v) is 1.70. The lowest BCUT2D eigenvalue weighted by Crippen LogP contribution is -2.09. The molecular weight excluding hydrogens is 258 g/mol. The number of nitrogens with one attached hydrogen (secondary N) is 1. The maximum Gasteiger partial charge on any atom is 0.387 e. The van der Waals surface area contributed by atoms with Crippen molar-refractivity contribution in [3.63, 3.8) is 0 Å². The van der Waals surface area contributed by atoms with Crippen LogP contribution in [0.5, 0.6) is 11.5 Å². The van der Waals surface area contributed by atoms with Crippen molar-refractivity contribution >= 4 is 11.6 Å². The first-order valence-electron chi connectivity index (χ1n) is 4.69. The molecule has 8 heteroatoms. The molecule has 0 atom stereocenters. The molecule has 0 aliphatic heterocycles. The largest absolute Gasteiger partial charge is 0.431 e. The topological polar surface area (TPSA) is 47.6 Å². The number of anilines is 1. The lowest BCUT2D eigenvalue weighted by molar-refractivity contribution is -0.114. The molecule has 4 nitrogen and oxygen atoms in total. The Morgan fingerprint density at radius 2 is 1.67 bits per heavy atom. The smallest absolute Gasteiger partial charge is 0.387 e. The number of halogens is 4. The molecule has 1 aromatic carbocycles. The summed E-state index contributed by atoms with van der Waals surface area (Å²) < 4.78 is 56.2. The van der Waals surface area contributed by atoms with E-state index in [0.717, 1.165) is 12.1 Å². The molecule has 18 heavy (non-hydrogen) atoms. The van der Waals surface area contributed by atoms with Gasteiger partial charge in [-0.3, -0.25) is 4.79 Å². The second kappa shape index (κ2) is 6.08. The van der Waals surface area contributed by atoms with E-state index >= 15 is 0 Å². The molecule has 0 aromatic heterocycles. The van der Waals surface area contributed by atoms with Gasteiger partial charge in [0.05, 0.1) is 0 Å². The van der Waals surface area contributed by atoms with E-state index in [2.05, 4.69) is 14.8 Å². The highest BCUT2D eigenvalue weighted by Gasteiger charge is 2.15. The van der Waals surface area contributed by atoms with Gasteiger partial charge in [-0.05, 0) is 12.1 Å². The highest BCUT2D eigenvalue weighted by Crippen LogP contribution is 2.32. The minimum Gasteiger partial charge on any atom is -0.431 e. The summed E-state index contributed by atoms with van der Waals surface area (Å²) in [6.07, 6.45) is 0. The molecule has 0 saturated carbocycles. The quantitative estimate of drug-likeness (QED) is 0.834. The average Bonchev–Trinajstić information content (AvgIpc) is 2.19. The molecule has 100 valence electrons. The number of alkyl halides is 4. The van der Waals surface area contributed by atoms with Crippen LogP contribution in [0.2, 0.25) is 0 Å². The van der Waals surface area contributed by atoms with E-state index in [9.17, 15) is 22.4 Å². The highest BCUT2D eigenvalue weighted by atomic mass is 19.3. The van der Waals surface area contributed by atoms with Crippen LogP contribution < -0.4 is 14.8 Å². The second-order valence-corrected chi connectivity index (χ2v) is 3.10. The molecular formula is C10H9F4NO3. The summed E-state index contributed by atoms with van der Waals surface area (Å²) in [4.78, 5) is 10.8. The van der Waals surface area contributed by atoms with E-state index < -0.39 is 30.6 Å². The summed E-state index contributed by atoms with van der Waals surface area (Å²) in [6, 6.07) is 3.18. The summed E-state index contributed by atoms with van der Waals surface area (Å²) in [5.74, 6) is -1.57. The molecule has 1 rings (SSSR count). The summed E-state index contributed by atoms with van der Waals surface area (Å²) >= 11 is 0. The molecule has 0 heterocycles. The first-order valence-corrected chi connectivity index (χ1v) is 4.69. The van der Waals surface area contributed by atoms with Crippen LogP contribution in [0.1, 0.15) is 6.92 Å². The molecule has 0 aliphatic carbocycles. The fraction of sp³-hybridized carbons (Fsp3) is 0.300. The number of hydrogen-bond donors (Lipinski definition) is 1. The molecule has 0 fully saturated rings. The first-order chi connectivity index (χ1) is 8.38. The van der Waals surface area contributed by atoms with Crippen LogP contribution >= 0.6 is 0 Å². The van der Waals surface area contributed by atoms with Crippen LogP contribution in [-0.2, 0) is 4.79 Å². The zero-order valence-corrected chi connectivity index (χ0v) is 9.12. The number of rotatable bonds is 5. The molecule has 0 aliphatic rings. The van der Waals surface area contributed by atoms with Crippen molar-refractivity contribution in [1.29, 1.82) is 0 Å². The number of amides is 1. The van der Waals surface area contributed by atoms with E-state index in [-0.39, 0.29) is 5.69 Å². The van der Waals surface area contributed by atoms with Gasteiger partial charge in [-0.15, -0.1) is 0 Å². The predicted octanol–water partition coefficient (Wildman–Crippen LogP) is 2.85. The first kappa shape index (κ1) is 14.1. The van der Waals surface area contributed by atoms with Crippen LogP contribution in [0.3, 0.4) is 0 Å². The summed E-state index contributed by atoms with van der Waals surface area (Å²) in [6.45, 7) is -5.16. The van der Waals surface area contributed by atoms with Crippen LogP contribution in [0.4, 0.5) is 23.2 Å². The monoisotopic (exact) mass is 267 g/mol. The number of carbonyl (C=O) groups excluding carboxylic acids is 1. The van der Waals surface area contributed by atoms with E-state index in [4.69, 9.17) is 0 Å². The Balaban J connectivity index is 2.99.